The molecule has 4 nitrogen and oxygen atoms in total. The van der Waals surface area contributed by atoms with E-state index < -0.39 is 0 Å². The van der Waals surface area contributed by atoms with Gasteiger partial charge < -0.3 is 9.80 Å². The number of benzene rings is 1. The summed E-state index contributed by atoms with van der Waals surface area (Å²) in [6, 6.07) is 7.84. The molecule has 22 heavy (non-hydrogen) atoms. The van der Waals surface area contributed by atoms with Gasteiger partial charge in [-0.25, -0.2) is 0 Å². The van der Waals surface area contributed by atoms with Crippen molar-refractivity contribution in [3.8, 4) is 0 Å². The average Bonchev–Trinajstić information content (AvgIpc) is 2.54. The molecular formula is C18H26N2O2. The standard InChI is InChI=1S/C18H26N2O2/c1-4-5-17(21)20-12-10-19(11-13-20)16-8-6-15(7-9-16)18(22)14(2)3/h6-9,14H,4-5,10-13H2,1-3H3. The van der Waals surface area contributed by atoms with Gasteiger partial charge in [0.2, 0.25) is 5.91 Å². The van der Waals surface area contributed by atoms with Gasteiger partial charge in [0.15, 0.2) is 5.78 Å². The number of carbonyl (C=O) groups is 2. The molecular weight excluding hydrogens is 276 g/mol. The van der Waals surface area contributed by atoms with Crippen molar-refractivity contribution in [1.29, 1.82) is 0 Å². The molecule has 1 aromatic carbocycles. The Hall–Kier alpha value is -1.84. The number of hydrogen-bond donors (Lipinski definition) is 0. The van der Waals surface area contributed by atoms with E-state index in [9.17, 15) is 9.59 Å². The van der Waals surface area contributed by atoms with Crippen LogP contribution in [0.2, 0.25) is 0 Å². The number of Topliss-reactive ketones (excluding diaryl/α,β-unsaturated/α-hetero) is 1. The average molecular weight is 302 g/mol. The Bertz CT molecular complexity index is 514. The first-order chi connectivity index (χ1) is 10.5. The lowest BCUT2D eigenvalue weighted by molar-refractivity contribution is -0.131. The second kappa shape index (κ2) is 7.43. The van der Waals surface area contributed by atoms with Crippen LogP contribution in [-0.4, -0.2) is 42.8 Å². The highest BCUT2D eigenvalue weighted by Crippen LogP contribution is 2.19. The topological polar surface area (TPSA) is 40.6 Å². The van der Waals surface area contributed by atoms with E-state index in [1.165, 1.54) is 0 Å². The van der Waals surface area contributed by atoms with E-state index in [2.05, 4.69) is 4.90 Å². The lowest BCUT2D eigenvalue weighted by Gasteiger charge is -2.36. The molecule has 1 aromatic rings. The SMILES string of the molecule is CCCC(=O)N1CCN(c2ccc(C(=O)C(C)C)cc2)CC1. The van der Waals surface area contributed by atoms with Crippen molar-refractivity contribution in [3.05, 3.63) is 29.8 Å². The molecule has 1 fully saturated rings. The highest BCUT2D eigenvalue weighted by atomic mass is 16.2. The Balaban J connectivity index is 1.94. The smallest absolute Gasteiger partial charge is 0.222 e. The summed E-state index contributed by atoms with van der Waals surface area (Å²) >= 11 is 0. The molecule has 1 amide bonds. The lowest BCUT2D eigenvalue weighted by atomic mass is 10.0. The molecule has 0 aliphatic carbocycles. The normalized spacial score (nSPS) is 15.3. The van der Waals surface area contributed by atoms with Crippen molar-refractivity contribution in [2.24, 2.45) is 5.92 Å². The number of anilines is 1. The van der Waals surface area contributed by atoms with Crippen LogP contribution in [0, 0.1) is 5.92 Å². The predicted octanol–water partition coefficient (Wildman–Crippen LogP) is 2.97. The minimum atomic E-state index is 0.0268. The maximum absolute atomic E-state index is 12.0. The van der Waals surface area contributed by atoms with E-state index in [0.29, 0.717) is 6.42 Å². The summed E-state index contributed by atoms with van der Waals surface area (Å²) < 4.78 is 0. The van der Waals surface area contributed by atoms with E-state index in [1.54, 1.807) is 0 Å². The first-order valence-electron chi connectivity index (χ1n) is 8.20. The van der Waals surface area contributed by atoms with Crippen molar-refractivity contribution < 1.29 is 9.59 Å². The van der Waals surface area contributed by atoms with Crippen LogP contribution < -0.4 is 4.90 Å². The van der Waals surface area contributed by atoms with Gasteiger partial charge in [-0.2, -0.15) is 0 Å². The minimum absolute atomic E-state index is 0.0268. The number of rotatable bonds is 5. The molecule has 1 aliphatic heterocycles. The molecule has 0 N–H and O–H groups in total. The van der Waals surface area contributed by atoms with Gasteiger partial charge in [0.25, 0.3) is 0 Å². The summed E-state index contributed by atoms with van der Waals surface area (Å²) in [5.74, 6) is 0.473. The third-order valence-corrected chi connectivity index (χ3v) is 4.14. The zero-order chi connectivity index (χ0) is 16.1. The molecule has 1 aliphatic rings. The fraction of sp³-hybridized carbons (Fsp3) is 0.556. The molecule has 1 heterocycles. The predicted molar refractivity (Wildman–Crippen MR) is 89.3 cm³/mol. The van der Waals surface area contributed by atoms with Crippen molar-refractivity contribution in [3.63, 3.8) is 0 Å². The first kappa shape index (κ1) is 16.5. The van der Waals surface area contributed by atoms with Gasteiger partial charge in [0, 0.05) is 49.8 Å². The summed E-state index contributed by atoms with van der Waals surface area (Å²) in [5, 5.41) is 0. The highest BCUT2D eigenvalue weighted by Gasteiger charge is 2.20. The van der Waals surface area contributed by atoms with Crippen LogP contribution >= 0.6 is 0 Å². The molecule has 1 saturated heterocycles. The zero-order valence-corrected chi connectivity index (χ0v) is 13.8. The van der Waals surface area contributed by atoms with Crippen LogP contribution in [0.25, 0.3) is 0 Å². The molecule has 0 bridgehead atoms. The Kier molecular flexibility index (Phi) is 5.58. The zero-order valence-electron chi connectivity index (χ0n) is 13.8. The molecule has 0 unspecified atom stereocenters. The second-order valence-electron chi connectivity index (χ2n) is 6.18. The molecule has 120 valence electrons. The van der Waals surface area contributed by atoms with Crippen LogP contribution in [0.3, 0.4) is 0 Å². The summed E-state index contributed by atoms with van der Waals surface area (Å²) in [5.41, 5.74) is 1.90. The number of piperazine rings is 1. The quantitative estimate of drug-likeness (QED) is 0.785. The molecule has 0 atom stereocenters. The third kappa shape index (κ3) is 3.87. The van der Waals surface area contributed by atoms with Crippen molar-refractivity contribution in [2.45, 2.75) is 33.6 Å². The van der Waals surface area contributed by atoms with Crippen molar-refractivity contribution in [2.75, 3.05) is 31.1 Å². The number of hydrogen-bond acceptors (Lipinski definition) is 3. The van der Waals surface area contributed by atoms with Gasteiger partial charge in [-0.1, -0.05) is 20.8 Å². The van der Waals surface area contributed by atoms with E-state index in [-0.39, 0.29) is 17.6 Å². The molecule has 0 spiro atoms. The van der Waals surface area contributed by atoms with Gasteiger partial charge in [-0.05, 0) is 30.7 Å². The Morgan fingerprint density at radius 3 is 2.14 bits per heavy atom. The van der Waals surface area contributed by atoms with Gasteiger partial charge in [0.05, 0.1) is 0 Å². The minimum Gasteiger partial charge on any atom is -0.368 e. The third-order valence-electron chi connectivity index (χ3n) is 4.14. The van der Waals surface area contributed by atoms with Crippen LogP contribution in [0.15, 0.2) is 24.3 Å². The maximum atomic E-state index is 12.0. The van der Waals surface area contributed by atoms with E-state index in [0.717, 1.165) is 43.9 Å². The summed E-state index contributed by atoms with van der Waals surface area (Å²) in [4.78, 5) is 28.1. The number of amides is 1. The van der Waals surface area contributed by atoms with Crippen LogP contribution in [0.1, 0.15) is 44.0 Å². The summed E-state index contributed by atoms with van der Waals surface area (Å²) in [6.07, 6.45) is 1.55. The molecule has 0 aromatic heterocycles. The fourth-order valence-electron chi connectivity index (χ4n) is 2.76. The number of carbonyl (C=O) groups excluding carboxylic acids is 2. The second-order valence-corrected chi connectivity index (χ2v) is 6.18. The number of nitrogens with zero attached hydrogens (tertiary/aromatic N) is 2. The molecule has 0 saturated carbocycles. The van der Waals surface area contributed by atoms with Gasteiger partial charge >= 0.3 is 0 Å². The van der Waals surface area contributed by atoms with Crippen LogP contribution in [-0.2, 0) is 4.79 Å². The lowest BCUT2D eigenvalue weighted by Crippen LogP contribution is -2.48. The van der Waals surface area contributed by atoms with Crippen molar-refractivity contribution >= 4 is 17.4 Å². The Labute approximate surface area is 133 Å². The Morgan fingerprint density at radius 2 is 1.64 bits per heavy atom. The first-order valence-corrected chi connectivity index (χ1v) is 8.20. The van der Waals surface area contributed by atoms with Gasteiger partial charge in [-0.15, -0.1) is 0 Å². The van der Waals surface area contributed by atoms with Gasteiger partial charge in [-0.3, -0.25) is 9.59 Å². The molecule has 2 rings (SSSR count). The highest BCUT2D eigenvalue weighted by molar-refractivity contribution is 5.97. The Morgan fingerprint density at radius 1 is 1.05 bits per heavy atom. The monoisotopic (exact) mass is 302 g/mol. The summed E-state index contributed by atoms with van der Waals surface area (Å²) in [7, 11) is 0. The number of ketones is 1. The van der Waals surface area contributed by atoms with Gasteiger partial charge in [0.1, 0.15) is 0 Å². The fourth-order valence-corrected chi connectivity index (χ4v) is 2.76. The largest absolute Gasteiger partial charge is 0.368 e. The van der Waals surface area contributed by atoms with E-state index >= 15 is 0 Å². The van der Waals surface area contributed by atoms with Crippen LogP contribution in [0.4, 0.5) is 5.69 Å². The molecule has 4 heteroatoms. The van der Waals surface area contributed by atoms with E-state index in [4.69, 9.17) is 0 Å². The maximum Gasteiger partial charge on any atom is 0.222 e. The summed E-state index contributed by atoms with van der Waals surface area (Å²) in [6.45, 7) is 9.15. The van der Waals surface area contributed by atoms with E-state index in [1.807, 2.05) is 49.9 Å². The van der Waals surface area contributed by atoms with Crippen LogP contribution in [0.5, 0.6) is 0 Å². The molecule has 0 radical (unpaired) electrons. The van der Waals surface area contributed by atoms with Crippen molar-refractivity contribution in [1.82, 2.24) is 4.90 Å².